The van der Waals surface area contributed by atoms with Crippen molar-refractivity contribution >= 4 is 17.5 Å². The summed E-state index contributed by atoms with van der Waals surface area (Å²) in [6.45, 7) is 13.5. The molecule has 4 saturated carbocycles. The molecule has 0 aromatic carbocycles. The highest BCUT2D eigenvalue weighted by atomic mass is 16.5. The van der Waals surface area contributed by atoms with E-state index >= 15 is 4.79 Å². The summed E-state index contributed by atoms with van der Waals surface area (Å²) >= 11 is 0. The van der Waals surface area contributed by atoms with E-state index in [0.29, 0.717) is 49.5 Å². The van der Waals surface area contributed by atoms with Crippen molar-refractivity contribution in [1.82, 2.24) is 10.3 Å². The fraction of sp³-hybridized carbons (Fsp3) is 0.776. The van der Waals surface area contributed by atoms with Crippen LogP contribution in [0, 0.1) is 87.3 Å². The Hall–Kier alpha value is -3.31. The molecule has 1 aromatic rings. The van der Waals surface area contributed by atoms with E-state index in [2.05, 4.69) is 49.0 Å². The molecular weight excluding hydrogens is 885 g/mol. The maximum Gasteiger partial charge on any atom is 0.313 e. The van der Waals surface area contributed by atoms with Crippen molar-refractivity contribution in [2.24, 2.45) is 75.4 Å². The third kappa shape index (κ3) is 8.13. The number of hydrogen-bond donors (Lipinski definition) is 8. The van der Waals surface area contributed by atoms with E-state index in [0.717, 1.165) is 44.1 Å². The first-order chi connectivity index (χ1) is 33.2. The normalized spacial score (nSPS) is 46.4. The second kappa shape index (κ2) is 19.2. The minimum absolute atomic E-state index is 0.00501. The van der Waals surface area contributed by atoms with Gasteiger partial charge in [-0.05, 0) is 155 Å². The highest BCUT2D eigenvalue weighted by molar-refractivity contribution is 6.03. The highest BCUT2D eigenvalue weighted by Gasteiger charge is 2.75. The second-order valence-corrected chi connectivity index (χ2v) is 25.0. The maximum atomic E-state index is 15.9. The zero-order chi connectivity index (χ0) is 50.3. The summed E-state index contributed by atoms with van der Waals surface area (Å²) in [5.74, 6) is 5.40. The van der Waals surface area contributed by atoms with Crippen LogP contribution in [0.4, 0.5) is 0 Å². The van der Waals surface area contributed by atoms with Crippen LogP contribution in [0.25, 0.3) is 0 Å². The summed E-state index contributed by atoms with van der Waals surface area (Å²) in [5, 5.41) is 77.0. The maximum absolute atomic E-state index is 15.9. The summed E-state index contributed by atoms with van der Waals surface area (Å²) in [5.41, 5.74) is -3.65. The molecular formula is C58H84N2O10. The molecule has 8 aliphatic rings. The number of hydrogen-bond acceptors (Lipinski definition) is 11. The number of rotatable bonds is 10. The first kappa shape index (κ1) is 51.6. The van der Waals surface area contributed by atoms with Crippen molar-refractivity contribution in [3.63, 3.8) is 0 Å². The van der Waals surface area contributed by atoms with E-state index in [4.69, 9.17) is 4.74 Å². The molecule has 9 rings (SSSR count). The minimum atomic E-state index is -1.76. The molecule has 20 atom stereocenters. The molecule has 20 unspecified atom stereocenters. The lowest BCUT2D eigenvalue weighted by atomic mass is 9.39. The van der Waals surface area contributed by atoms with Crippen molar-refractivity contribution in [2.45, 2.75) is 193 Å². The smallest absolute Gasteiger partial charge is 0.313 e. The number of esters is 1. The van der Waals surface area contributed by atoms with Crippen molar-refractivity contribution < 1.29 is 49.8 Å². The number of cyclic esters (lactones) is 1. The van der Waals surface area contributed by atoms with E-state index in [-0.39, 0.29) is 85.1 Å². The van der Waals surface area contributed by atoms with Gasteiger partial charge in [0.1, 0.15) is 6.04 Å². The molecule has 5 fully saturated rings. The molecule has 2 heterocycles. The molecule has 7 aliphatic carbocycles. The van der Waals surface area contributed by atoms with Crippen LogP contribution in [0.2, 0.25) is 0 Å². The Morgan fingerprint density at radius 1 is 0.971 bits per heavy atom. The van der Waals surface area contributed by atoms with Crippen LogP contribution < -0.4 is 5.32 Å². The van der Waals surface area contributed by atoms with E-state index in [9.17, 15) is 40.2 Å². The van der Waals surface area contributed by atoms with Gasteiger partial charge in [-0.15, -0.1) is 5.92 Å². The van der Waals surface area contributed by atoms with Gasteiger partial charge >= 0.3 is 5.97 Å². The number of fused-ring (bicyclic) bond motifs is 10. The van der Waals surface area contributed by atoms with Crippen molar-refractivity contribution in [3.8, 4) is 11.8 Å². The predicted molar refractivity (Wildman–Crippen MR) is 265 cm³/mol. The van der Waals surface area contributed by atoms with E-state index in [1.54, 1.807) is 6.92 Å². The zero-order valence-electron chi connectivity index (χ0n) is 43.0. The first-order valence-corrected chi connectivity index (χ1v) is 27.3. The number of aromatic nitrogens is 1. The third-order valence-electron chi connectivity index (χ3n) is 21.2. The standard InChI is InChI=1S/C58H84N2O10/c1-8-9-10-20-57-28-46(64)45(63)27-55(57,6)43-18-21-54(5)51-37(26-58(54,69)49(43)50(52(57)66)60-44(30-61)34(4)62)13-11-12-36(42-31-70-53(67)48(42)38-19-22-59-29-38)25-41-39(33(3)24-47(65)56(51,7)68)17-16-35-15-14-32(2)23-40(35)41/h16,19,22,29,32-33,36-37,39-48,51,59-61,63-65,68-69H,8-10,13-15,17-18,20-21,23-28,30-31H2,1-7H3. The average molecular weight is 969 g/mol. The number of aliphatic hydroxyl groups is 6. The molecule has 12 heteroatoms. The lowest BCUT2D eigenvalue weighted by molar-refractivity contribution is -0.196. The molecule has 1 aliphatic heterocycles. The van der Waals surface area contributed by atoms with Crippen molar-refractivity contribution in [3.05, 3.63) is 46.9 Å². The third-order valence-corrected chi connectivity index (χ3v) is 21.2. The van der Waals surface area contributed by atoms with Gasteiger partial charge in [0.25, 0.3) is 0 Å². The summed E-state index contributed by atoms with van der Waals surface area (Å²) in [6.07, 6.45) is 12.5. The van der Waals surface area contributed by atoms with Gasteiger partial charge in [-0.3, -0.25) is 14.4 Å². The SMILES string of the molecule is CCCCCC12CC(O)C(O)CC1(C)C1CCC3(C)C4C(CC#CC(C5COC(=O)C5c5cc[nH]c5)CC5C6CC(C)CCC6=CCC5C(C)CC(O)C4(C)O)CC3(O)C1=C(NC(CO)C(C)=O)C2=O. The number of carbonyl (C=O) groups excluding carboxylic acids is 3. The van der Waals surface area contributed by atoms with Gasteiger partial charge in [0.15, 0.2) is 11.6 Å². The van der Waals surface area contributed by atoms with E-state index in [1.165, 1.54) is 18.9 Å². The molecule has 0 amide bonds. The molecule has 0 bridgehead atoms. The van der Waals surface area contributed by atoms with Crippen LogP contribution in [-0.4, -0.2) is 102 Å². The molecule has 70 heavy (non-hydrogen) atoms. The fourth-order valence-corrected chi connectivity index (χ4v) is 17.4. The monoisotopic (exact) mass is 969 g/mol. The topological polar surface area (TPSA) is 210 Å². The molecule has 386 valence electrons. The number of Topliss-reactive ketones (excluding diaryl/α,β-unsaturated/α-hetero) is 2. The number of carbonyl (C=O) groups is 3. The largest absolute Gasteiger partial charge is 0.465 e. The number of allylic oxidation sites excluding steroid dienone is 3. The van der Waals surface area contributed by atoms with E-state index in [1.807, 2.05) is 32.3 Å². The summed E-state index contributed by atoms with van der Waals surface area (Å²) in [4.78, 5) is 45.9. The van der Waals surface area contributed by atoms with Crippen LogP contribution in [0.3, 0.4) is 0 Å². The summed E-state index contributed by atoms with van der Waals surface area (Å²) in [7, 11) is 0. The average Bonchev–Trinajstić information content (AvgIpc) is 4.03. The van der Waals surface area contributed by atoms with Gasteiger partial charge in [0.2, 0.25) is 0 Å². The van der Waals surface area contributed by atoms with Gasteiger partial charge in [-0.2, -0.15) is 0 Å². The van der Waals surface area contributed by atoms with Gasteiger partial charge < -0.3 is 45.7 Å². The highest BCUT2D eigenvalue weighted by Crippen LogP contribution is 2.74. The molecule has 0 radical (unpaired) electrons. The lowest BCUT2D eigenvalue weighted by Gasteiger charge is -2.65. The Morgan fingerprint density at radius 3 is 2.43 bits per heavy atom. The Bertz CT molecular complexity index is 2280. The van der Waals surface area contributed by atoms with Gasteiger partial charge in [0.05, 0.1) is 54.3 Å². The van der Waals surface area contributed by atoms with Gasteiger partial charge in [-0.1, -0.05) is 71.5 Å². The number of aromatic amines is 1. The summed E-state index contributed by atoms with van der Waals surface area (Å²) < 4.78 is 5.91. The minimum Gasteiger partial charge on any atom is -0.465 e. The number of aliphatic hydroxyl groups excluding tert-OH is 4. The molecule has 1 saturated heterocycles. The first-order valence-electron chi connectivity index (χ1n) is 27.3. The van der Waals surface area contributed by atoms with Crippen LogP contribution >= 0.6 is 0 Å². The van der Waals surface area contributed by atoms with Crippen LogP contribution in [-0.2, 0) is 19.1 Å². The number of nitrogens with one attached hydrogen (secondary N) is 2. The fourth-order valence-electron chi connectivity index (χ4n) is 17.4. The van der Waals surface area contributed by atoms with Gasteiger partial charge in [0, 0.05) is 47.4 Å². The lowest BCUT2D eigenvalue weighted by Crippen LogP contribution is -2.68. The van der Waals surface area contributed by atoms with Crippen LogP contribution in [0.5, 0.6) is 0 Å². The number of ether oxygens (including phenoxy) is 1. The number of H-pyrrole nitrogens is 1. The Kier molecular flexibility index (Phi) is 14.1. The van der Waals surface area contributed by atoms with Crippen LogP contribution in [0.1, 0.15) is 163 Å². The second-order valence-electron chi connectivity index (χ2n) is 25.0. The number of ketones is 2. The predicted octanol–water partition coefficient (Wildman–Crippen LogP) is 7.07. The van der Waals surface area contributed by atoms with Gasteiger partial charge in [-0.25, -0.2) is 0 Å². The Balaban J connectivity index is 1.20. The molecule has 8 N–H and O–H groups in total. The van der Waals surface area contributed by atoms with E-state index < -0.39 is 82.1 Å². The quantitative estimate of drug-likeness (QED) is 0.0515. The molecule has 12 nitrogen and oxygen atoms in total. The molecule has 1 aromatic heterocycles. The Morgan fingerprint density at radius 2 is 1.73 bits per heavy atom. The summed E-state index contributed by atoms with van der Waals surface area (Å²) in [6, 6.07) is 0.814. The Labute approximate surface area is 416 Å². The zero-order valence-corrected chi connectivity index (χ0v) is 43.0. The van der Waals surface area contributed by atoms with Crippen LogP contribution in [0.15, 0.2) is 41.4 Å². The van der Waals surface area contributed by atoms with Crippen molar-refractivity contribution in [2.75, 3.05) is 13.2 Å². The molecule has 0 spiro atoms. The number of unbranched alkanes of at least 4 members (excludes halogenated alkanes) is 2. The van der Waals surface area contributed by atoms with Crippen molar-refractivity contribution in [1.29, 1.82) is 0 Å².